The van der Waals surface area contributed by atoms with Crippen LogP contribution in [0.3, 0.4) is 0 Å². The fourth-order valence-electron chi connectivity index (χ4n) is 3.72. The van der Waals surface area contributed by atoms with E-state index in [4.69, 9.17) is 31.5 Å². The van der Waals surface area contributed by atoms with Crippen molar-refractivity contribution in [3.05, 3.63) is 75.8 Å². The third kappa shape index (κ3) is 2.69. The lowest BCUT2D eigenvalue weighted by molar-refractivity contribution is 0.174. The van der Waals surface area contributed by atoms with E-state index in [1.54, 1.807) is 16.8 Å². The van der Waals surface area contributed by atoms with Gasteiger partial charge in [-0.2, -0.15) is 10.4 Å². The molecule has 3 heterocycles. The second kappa shape index (κ2) is 6.47. The molecule has 2 aliphatic rings. The fraction of sp³-hybridized carbons (Fsp3) is 0.143. The van der Waals surface area contributed by atoms with Gasteiger partial charge in [0.15, 0.2) is 11.5 Å². The zero-order valence-electron chi connectivity index (χ0n) is 15.3. The smallest absolute Gasteiger partial charge is 0.231 e. The first-order valence-corrected chi connectivity index (χ1v) is 9.27. The average molecular weight is 407 g/mol. The van der Waals surface area contributed by atoms with Crippen molar-refractivity contribution in [1.82, 2.24) is 9.78 Å². The van der Waals surface area contributed by atoms with Crippen molar-refractivity contribution in [3.63, 3.8) is 0 Å². The number of aromatic nitrogens is 2. The number of nitriles is 1. The topological polar surface area (TPSA) is 95.3 Å². The van der Waals surface area contributed by atoms with Crippen LogP contribution in [0, 0.1) is 18.3 Å². The summed E-state index contributed by atoms with van der Waals surface area (Å²) in [6.45, 7) is 2.05. The number of ether oxygens (including phenoxy) is 3. The summed E-state index contributed by atoms with van der Waals surface area (Å²) in [5.41, 5.74) is 9.54. The van der Waals surface area contributed by atoms with Crippen molar-refractivity contribution in [2.24, 2.45) is 5.73 Å². The molecular weight excluding hydrogens is 392 g/mol. The normalized spacial score (nSPS) is 16.9. The maximum absolute atomic E-state index is 9.79. The van der Waals surface area contributed by atoms with Gasteiger partial charge in [0.25, 0.3) is 0 Å². The van der Waals surface area contributed by atoms with Gasteiger partial charge in [-0.25, -0.2) is 4.68 Å². The molecule has 0 amide bonds. The predicted octanol–water partition coefficient (Wildman–Crippen LogP) is 3.78. The number of nitrogens with zero attached hydrogens (tertiary/aromatic N) is 3. The minimum absolute atomic E-state index is 0.0471. The van der Waals surface area contributed by atoms with Gasteiger partial charge in [-0.15, -0.1) is 0 Å². The molecule has 144 valence electrons. The van der Waals surface area contributed by atoms with Gasteiger partial charge >= 0.3 is 0 Å². The Balaban J connectivity index is 1.72. The highest BCUT2D eigenvalue weighted by molar-refractivity contribution is 6.30. The van der Waals surface area contributed by atoms with E-state index in [0.717, 1.165) is 22.5 Å². The van der Waals surface area contributed by atoms with E-state index in [0.29, 0.717) is 28.0 Å². The van der Waals surface area contributed by atoms with Gasteiger partial charge in [0.2, 0.25) is 18.6 Å². The second-order valence-corrected chi connectivity index (χ2v) is 7.17. The number of hydrogen-bond acceptors (Lipinski definition) is 6. The molecule has 0 spiro atoms. The molecule has 0 fully saturated rings. The quantitative estimate of drug-likeness (QED) is 0.695. The molecule has 0 saturated carbocycles. The Morgan fingerprint density at radius 3 is 2.83 bits per heavy atom. The molecule has 0 unspecified atom stereocenters. The van der Waals surface area contributed by atoms with E-state index in [2.05, 4.69) is 11.2 Å². The summed E-state index contributed by atoms with van der Waals surface area (Å²) in [6, 6.07) is 15.1. The molecule has 0 saturated heterocycles. The van der Waals surface area contributed by atoms with Crippen LogP contribution in [0.25, 0.3) is 5.69 Å². The highest BCUT2D eigenvalue weighted by Gasteiger charge is 2.36. The summed E-state index contributed by atoms with van der Waals surface area (Å²) in [4.78, 5) is 0. The highest BCUT2D eigenvalue weighted by Crippen LogP contribution is 2.46. The molecule has 2 aromatic carbocycles. The van der Waals surface area contributed by atoms with E-state index in [1.165, 1.54) is 0 Å². The van der Waals surface area contributed by atoms with Gasteiger partial charge in [-0.3, -0.25) is 0 Å². The van der Waals surface area contributed by atoms with E-state index in [1.807, 2.05) is 37.3 Å². The summed E-state index contributed by atoms with van der Waals surface area (Å²) in [5, 5.41) is 15.0. The van der Waals surface area contributed by atoms with E-state index in [-0.39, 0.29) is 12.7 Å². The minimum Gasteiger partial charge on any atom is -0.454 e. The van der Waals surface area contributed by atoms with Gasteiger partial charge in [-0.05, 0) is 42.8 Å². The minimum atomic E-state index is -0.439. The third-order valence-corrected chi connectivity index (χ3v) is 5.25. The SMILES string of the molecule is Cc1nn(-c2cccc(Cl)c2)c2c1[C@H](c1ccc3c(c1)OCO3)C(C#N)=C(N)O2. The van der Waals surface area contributed by atoms with E-state index < -0.39 is 5.92 Å². The van der Waals surface area contributed by atoms with Gasteiger partial charge in [0, 0.05) is 5.02 Å². The van der Waals surface area contributed by atoms with Crippen LogP contribution in [0.15, 0.2) is 53.9 Å². The zero-order valence-corrected chi connectivity index (χ0v) is 16.1. The first-order valence-electron chi connectivity index (χ1n) is 8.89. The van der Waals surface area contributed by atoms with Crippen LogP contribution in [-0.4, -0.2) is 16.6 Å². The number of halogens is 1. The maximum atomic E-state index is 9.79. The van der Waals surface area contributed by atoms with Crippen LogP contribution in [0.1, 0.15) is 22.7 Å². The summed E-state index contributed by atoms with van der Waals surface area (Å²) in [5.74, 6) is 1.37. The Labute approximate surface area is 171 Å². The lowest BCUT2D eigenvalue weighted by atomic mass is 9.84. The van der Waals surface area contributed by atoms with Gasteiger partial charge in [-0.1, -0.05) is 23.7 Å². The van der Waals surface area contributed by atoms with Crippen molar-refractivity contribution < 1.29 is 14.2 Å². The first-order chi connectivity index (χ1) is 14.1. The lowest BCUT2D eigenvalue weighted by Gasteiger charge is -2.25. The van der Waals surface area contributed by atoms with Crippen LogP contribution in [0.4, 0.5) is 0 Å². The maximum Gasteiger partial charge on any atom is 0.231 e. The zero-order chi connectivity index (χ0) is 20.1. The van der Waals surface area contributed by atoms with Crippen LogP contribution in [0.2, 0.25) is 5.02 Å². The second-order valence-electron chi connectivity index (χ2n) is 6.73. The Hall–Kier alpha value is -3.63. The van der Waals surface area contributed by atoms with Crippen LogP contribution in [0.5, 0.6) is 17.4 Å². The van der Waals surface area contributed by atoms with E-state index >= 15 is 0 Å². The molecule has 2 N–H and O–H groups in total. The summed E-state index contributed by atoms with van der Waals surface area (Å²) in [6.07, 6.45) is 0. The summed E-state index contributed by atoms with van der Waals surface area (Å²) < 4.78 is 18.4. The molecule has 0 aliphatic carbocycles. The number of rotatable bonds is 2. The van der Waals surface area contributed by atoms with Gasteiger partial charge in [0.05, 0.1) is 22.9 Å². The standard InChI is InChI=1S/C21H15ClN4O3/c1-11-18-19(12-5-6-16-17(7-12)28-10-27-16)15(9-23)20(24)29-21(18)26(25-11)14-4-2-3-13(22)8-14/h2-8,19H,10,24H2,1H3/t19-/m1/s1. The number of aryl methyl sites for hydroxylation is 1. The highest BCUT2D eigenvalue weighted by atomic mass is 35.5. The number of hydrogen-bond donors (Lipinski definition) is 1. The lowest BCUT2D eigenvalue weighted by Crippen LogP contribution is -2.22. The Morgan fingerprint density at radius 2 is 2.03 bits per heavy atom. The Kier molecular flexibility index (Phi) is 3.89. The first kappa shape index (κ1) is 17.5. The molecule has 29 heavy (non-hydrogen) atoms. The summed E-state index contributed by atoms with van der Waals surface area (Å²) in [7, 11) is 0. The summed E-state index contributed by atoms with van der Waals surface area (Å²) >= 11 is 6.15. The molecule has 1 aromatic heterocycles. The average Bonchev–Trinajstić information content (AvgIpc) is 3.31. The monoisotopic (exact) mass is 406 g/mol. The van der Waals surface area contributed by atoms with Gasteiger partial charge in [0.1, 0.15) is 11.6 Å². The largest absolute Gasteiger partial charge is 0.454 e. The third-order valence-electron chi connectivity index (χ3n) is 5.02. The molecule has 5 rings (SSSR count). The Morgan fingerprint density at radius 1 is 1.21 bits per heavy atom. The van der Waals surface area contributed by atoms with Crippen LogP contribution < -0.4 is 19.9 Å². The molecule has 3 aromatic rings. The molecule has 7 nitrogen and oxygen atoms in total. The van der Waals surface area contributed by atoms with Gasteiger partial charge < -0.3 is 19.9 Å². The number of benzene rings is 2. The van der Waals surface area contributed by atoms with Crippen molar-refractivity contribution in [2.45, 2.75) is 12.8 Å². The van der Waals surface area contributed by atoms with E-state index in [9.17, 15) is 5.26 Å². The van der Waals surface area contributed by atoms with Crippen molar-refractivity contribution >= 4 is 11.6 Å². The molecule has 8 heteroatoms. The molecule has 0 bridgehead atoms. The predicted molar refractivity (Wildman–Crippen MR) is 105 cm³/mol. The number of nitrogens with two attached hydrogens (primary N) is 1. The molecular formula is C21H15ClN4O3. The van der Waals surface area contributed by atoms with Crippen LogP contribution in [-0.2, 0) is 0 Å². The Bertz CT molecular complexity index is 1230. The van der Waals surface area contributed by atoms with Crippen LogP contribution >= 0.6 is 11.6 Å². The number of fused-ring (bicyclic) bond motifs is 2. The van der Waals surface area contributed by atoms with Crippen molar-refractivity contribution in [2.75, 3.05) is 6.79 Å². The fourth-order valence-corrected chi connectivity index (χ4v) is 3.91. The van der Waals surface area contributed by atoms with Crippen molar-refractivity contribution in [3.8, 4) is 29.1 Å². The molecule has 1 atom stereocenters. The molecule has 0 radical (unpaired) electrons. The molecule has 2 aliphatic heterocycles. The number of allylic oxidation sites excluding steroid dienone is 1. The van der Waals surface area contributed by atoms with Crippen molar-refractivity contribution in [1.29, 1.82) is 5.26 Å².